The standard InChI is InChI=1S/C14H24N2O3/c1-10(2)16-13(12(19-4)9-15-16)14(17)7-5-11(18-3)6-8-14/h9-11,17H,5-8H2,1-4H3. The van der Waals surface area contributed by atoms with Gasteiger partial charge < -0.3 is 14.6 Å². The Morgan fingerprint density at radius 2 is 2.00 bits per heavy atom. The summed E-state index contributed by atoms with van der Waals surface area (Å²) in [6.45, 7) is 4.11. The van der Waals surface area contributed by atoms with Gasteiger partial charge in [0.25, 0.3) is 0 Å². The zero-order chi connectivity index (χ0) is 14.0. The minimum Gasteiger partial charge on any atom is -0.493 e. The molecule has 0 spiro atoms. The molecule has 1 aliphatic rings. The molecule has 0 amide bonds. The van der Waals surface area contributed by atoms with Gasteiger partial charge in [-0.2, -0.15) is 5.10 Å². The minimum absolute atomic E-state index is 0.197. The SMILES string of the molecule is COc1cnn(C(C)C)c1C1(O)CCC(OC)CC1. The molecule has 0 aliphatic heterocycles. The molecular weight excluding hydrogens is 244 g/mol. The number of ether oxygens (including phenoxy) is 2. The van der Waals surface area contributed by atoms with Crippen LogP contribution in [0.3, 0.4) is 0 Å². The molecule has 108 valence electrons. The van der Waals surface area contributed by atoms with Crippen LogP contribution in [0.15, 0.2) is 6.20 Å². The van der Waals surface area contributed by atoms with E-state index in [1.165, 1.54) is 0 Å². The summed E-state index contributed by atoms with van der Waals surface area (Å²) in [6.07, 6.45) is 5.02. The summed E-state index contributed by atoms with van der Waals surface area (Å²) >= 11 is 0. The van der Waals surface area contributed by atoms with Gasteiger partial charge in [-0.3, -0.25) is 4.68 Å². The number of aliphatic hydroxyl groups is 1. The second-order valence-electron chi connectivity index (χ2n) is 5.57. The molecular formula is C14H24N2O3. The van der Waals surface area contributed by atoms with Crippen molar-refractivity contribution in [3.05, 3.63) is 11.9 Å². The molecule has 1 aliphatic carbocycles. The van der Waals surface area contributed by atoms with E-state index >= 15 is 0 Å². The molecule has 1 heterocycles. The van der Waals surface area contributed by atoms with E-state index in [1.54, 1.807) is 20.4 Å². The third-order valence-electron chi connectivity index (χ3n) is 4.00. The van der Waals surface area contributed by atoms with Crippen LogP contribution in [0.2, 0.25) is 0 Å². The number of methoxy groups -OCH3 is 2. The number of aromatic nitrogens is 2. The average Bonchev–Trinajstić information content (AvgIpc) is 2.84. The lowest BCUT2D eigenvalue weighted by molar-refractivity contribution is -0.0543. The summed E-state index contributed by atoms with van der Waals surface area (Å²) in [4.78, 5) is 0. The normalized spacial score (nSPS) is 27.8. The first-order valence-corrected chi connectivity index (χ1v) is 6.89. The molecule has 2 rings (SSSR count). The first kappa shape index (κ1) is 14.3. The van der Waals surface area contributed by atoms with Crippen molar-refractivity contribution in [2.24, 2.45) is 0 Å². The minimum atomic E-state index is -0.860. The second kappa shape index (κ2) is 5.51. The second-order valence-corrected chi connectivity index (χ2v) is 5.57. The van der Waals surface area contributed by atoms with E-state index < -0.39 is 5.60 Å². The highest BCUT2D eigenvalue weighted by Crippen LogP contribution is 2.42. The Kier molecular flexibility index (Phi) is 4.16. The van der Waals surface area contributed by atoms with Crippen LogP contribution < -0.4 is 4.74 Å². The molecule has 1 saturated carbocycles. The lowest BCUT2D eigenvalue weighted by atomic mass is 9.80. The monoisotopic (exact) mass is 268 g/mol. The van der Waals surface area contributed by atoms with Crippen molar-refractivity contribution in [1.82, 2.24) is 9.78 Å². The van der Waals surface area contributed by atoms with E-state index in [2.05, 4.69) is 18.9 Å². The summed E-state index contributed by atoms with van der Waals surface area (Å²) in [5.74, 6) is 0.673. The van der Waals surface area contributed by atoms with Gasteiger partial charge in [-0.1, -0.05) is 0 Å². The van der Waals surface area contributed by atoms with Crippen molar-refractivity contribution in [1.29, 1.82) is 0 Å². The fraction of sp³-hybridized carbons (Fsp3) is 0.786. The Bertz CT molecular complexity index is 420. The third-order valence-corrected chi connectivity index (χ3v) is 4.00. The largest absolute Gasteiger partial charge is 0.493 e. The topological polar surface area (TPSA) is 56.5 Å². The van der Waals surface area contributed by atoms with Crippen LogP contribution in [0.4, 0.5) is 0 Å². The maximum absolute atomic E-state index is 11.0. The molecule has 1 fully saturated rings. The maximum atomic E-state index is 11.0. The first-order valence-electron chi connectivity index (χ1n) is 6.89. The van der Waals surface area contributed by atoms with Gasteiger partial charge in [0.15, 0.2) is 5.75 Å². The van der Waals surface area contributed by atoms with Crippen LogP contribution in [-0.4, -0.2) is 35.2 Å². The molecule has 19 heavy (non-hydrogen) atoms. The smallest absolute Gasteiger partial charge is 0.162 e. The fourth-order valence-corrected chi connectivity index (χ4v) is 2.87. The summed E-state index contributed by atoms with van der Waals surface area (Å²) in [5, 5.41) is 15.3. The van der Waals surface area contributed by atoms with Crippen molar-refractivity contribution < 1.29 is 14.6 Å². The third kappa shape index (κ3) is 2.62. The van der Waals surface area contributed by atoms with Crippen molar-refractivity contribution in [3.8, 4) is 5.75 Å². The van der Waals surface area contributed by atoms with E-state index in [9.17, 15) is 5.11 Å². The van der Waals surface area contributed by atoms with Gasteiger partial charge in [-0.05, 0) is 39.5 Å². The Morgan fingerprint density at radius 3 is 2.47 bits per heavy atom. The summed E-state index contributed by atoms with van der Waals surface area (Å²) in [7, 11) is 3.35. The molecule has 0 unspecified atom stereocenters. The molecule has 0 aromatic carbocycles. The van der Waals surface area contributed by atoms with Gasteiger partial charge in [0, 0.05) is 13.2 Å². The van der Waals surface area contributed by atoms with E-state index in [0.29, 0.717) is 18.6 Å². The van der Waals surface area contributed by atoms with Gasteiger partial charge >= 0.3 is 0 Å². The lowest BCUT2D eigenvalue weighted by Crippen LogP contribution is -2.36. The highest BCUT2D eigenvalue weighted by Gasteiger charge is 2.40. The molecule has 5 heteroatoms. The van der Waals surface area contributed by atoms with Crippen molar-refractivity contribution >= 4 is 0 Å². The van der Waals surface area contributed by atoms with Gasteiger partial charge in [0.05, 0.1) is 19.4 Å². The highest BCUT2D eigenvalue weighted by atomic mass is 16.5. The Hall–Kier alpha value is -1.07. The Labute approximate surface area is 114 Å². The van der Waals surface area contributed by atoms with Crippen molar-refractivity contribution in [2.45, 2.75) is 57.3 Å². The van der Waals surface area contributed by atoms with Crippen LogP contribution in [0.5, 0.6) is 5.75 Å². The number of nitrogens with zero attached hydrogens (tertiary/aromatic N) is 2. The molecule has 0 saturated heterocycles. The average molecular weight is 268 g/mol. The van der Waals surface area contributed by atoms with Crippen LogP contribution in [0, 0.1) is 0 Å². The fourth-order valence-electron chi connectivity index (χ4n) is 2.87. The lowest BCUT2D eigenvalue weighted by Gasteiger charge is -2.36. The quantitative estimate of drug-likeness (QED) is 0.910. The zero-order valence-corrected chi connectivity index (χ0v) is 12.2. The van der Waals surface area contributed by atoms with E-state index in [0.717, 1.165) is 18.5 Å². The number of hydrogen-bond acceptors (Lipinski definition) is 4. The van der Waals surface area contributed by atoms with Gasteiger partial charge in [-0.25, -0.2) is 0 Å². The number of rotatable bonds is 4. The number of hydrogen-bond donors (Lipinski definition) is 1. The first-order chi connectivity index (χ1) is 9.01. The zero-order valence-electron chi connectivity index (χ0n) is 12.2. The summed E-state index contributed by atoms with van der Waals surface area (Å²) < 4.78 is 12.6. The Balaban J connectivity index is 2.32. The molecule has 1 aromatic rings. The highest BCUT2D eigenvalue weighted by molar-refractivity contribution is 5.31. The van der Waals surface area contributed by atoms with Crippen LogP contribution in [0.25, 0.3) is 0 Å². The predicted molar refractivity (Wildman–Crippen MR) is 72.3 cm³/mol. The van der Waals surface area contributed by atoms with E-state index in [1.807, 2.05) is 4.68 Å². The Morgan fingerprint density at radius 1 is 1.37 bits per heavy atom. The van der Waals surface area contributed by atoms with Crippen LogP contribution >= 0.6 is 0 Å². The predicted octanol–water partition coefficient (Wildman–Crippen LogP) is 2.25. The molecule has 1 aromatic heterocycles. The molecule has 0 bridgehead atoms. The summed E-state index contributed by atoms with van der Waals surface area (Å²) in [6, 6.07) is 0.197. The van der Waals surface area contributed by atoms with Crippen LogP contribution in [0.1, 0.15) is 51.3 Å². The molecule has 0 radical (unpaired) electrons. The summed E-state index contributed by atoms with van der Waals surface area (Å²) in [5.41, 5.74) is -0.0548. The molecule has 0 atom stereocenters. The van der Waals surface area contributed by atoms with Gasteiger partial charge in [0.2, 0.25) is 0 Å². The van der Waals surface area contributed by atoms with E-state index in [-0.39, 0.29) is 12.1 Å². The molecule has 5 nitrogen and oxygen atoms in total. The maximum Gasteiger partial charge on any atom is 0.162 e. The van der Waals surface area contributed by atoms with Crippen molar-refractivity contribution in [2.75, 3.05) is 14.2 Å². The molecule has 1 N–H and O–H groups in total. The van der Waals surface area contributed by atoms with Gasteiger partial charge in [0.1, 0.15) is 11.3 Å². The van der Waals surface area contributed by atoms with E-state index in [4.69, 9.17) is 9.47 Å². The van der Waals surface area contributed by atoms with Crippen molar-refractivity contribution in [3.63, 3.8) is 0 Å². The van der Waals surface area contributed by atoms with Crippen LogP contribution in [-0.2, 0) is 10.3 Å². The van der Waals surface area contributed by atoms with Gasteiger partial charge in [-0.15, -0.1) is 0 Å².